The van der Waals surface area contributed by atoms with Crippen LogP contribution >= 0.6 is 11.6 Å². The predicted octanol–water partition coefficient (Wildman–Crippen LogP) is 7.46. The molecule has 0 saturated carbocycles. The molecule has 0 radical (unpaired) electrons. The molecular formula is C34H39ClN2O4. The van der Waals surface area contributed by atoms with Crippen molar-refractivity contribution in [3.8, 4) is 5.75 Å². The SMILES string of the molecule is COC(=O)[C@@H](C)Oc1ccc(Cl)c(Cc2c(C)n(C)c3cc(C(=O)N[C@@H](C)c4ccc(C(C)(C)C)cc4)ccc23)c1. The van der Waals surface area contributed by atoms with Gasteiger partial charge in [-0.3, -0.25) is 4.79 Å². The van der Waals surface area contributed by atoms with Gasteiger partial charge in [0.05, 0.1) is 13.2 Å². The molecule has 4 rings (SSSR count). The normalized spacial score (nSPS) is 13.1. The second-order valence-corrected chi connectivity index (χ2v) is 12.0. The molecular weight excluding hydrogens is 536 g/mol. The fourth-order valence-electron chi connectivity index (χ4n) is 5.01. The van der Waals surface area contributed by atoms with E-state index in [0.29, 0.717) is 22.8 Å². The van der Waals surface area contributed by atoms with Gasteiger partial charge >= 0.3 is 5.97 Å². The van der Waals surface area contributed by atoms with E-state index in [1.807, 2.05) is 38.2 Å². The number of carbonyl (C=O) groups excluding carboxylic acids is 2. The number of benzene rings is 3. The van der Waals surface area contributed by atoms with Crippen LogP contribution in [0.5, 0.6) is 5.75 Å². The first-order valence-corrected chi connectivity index (χ1v) is 14.2. The lowest BCUT2D eigenvalue weighted by Crippen LogP contribution is -2.26. The lowest BCUT2D eigenvalue weighted by atomic mass is 9.86. The van der Waals surface area contributed by atoms with Gasteiger partial charge in [-0.05, 0) is 78.8 Å². The summed E-state index contributed by atoms with van der Waals surface area (Å²) >= 11 is 6.57. The molecule has 1 amide bonds. The van der Waals surface area contributed by atoms with Gasteiger partial charge in [-0.25, -0.2) is 4.79 Å². The van der Waals surface area contributed by atoms with E-state index in [1.54, 1.807) is 19.1 Å². The minimum atomic E-state index is -0.733. The van der Waals surface area contributed by atoms with Crippen molar-refractivity contribution in [1.29, 1.82) is 0 Å². The number of aryl methyl sites for hydroxylation is 1. The number of nitrogens with one attached hydrogen (secondary N) is 1. The topological polar surface area (TPSA) is 69.6 Å². The summed E-state index contributed by atoms with van der Waals surface area (Å²) < 4.78 is 12.6. The summed E-state index contributed by atoms with van der Waals surface area (Å²) in [7, 11) is 3.33. The quantitative estimate of drug-likeness (QED) is 0.222. The summed E-state index contributed by atoms with van der Waals surface area (Å²) in [6, 6.07) is 19.5. The van der Waals surface area contributed by atoms with Crippen molar-refractivity contribution in [2.24, 2.45) is 7.05 Å². The van der Waals surface area contributed by atoms with E-state index in [4.69, 9.17) is 21.1 Å². The van der Waals surface area contributed by atoms with Gasteiger partial charge in [0.2, 0.25) is 0 Å². The molecule has 0 aliphatic carbocycles. The number of hydrogen-bond donors (Lipinski definition) is 1. The van der Waals surface area contributed by atoms with Gasteiger partial charge in [0.25, 0.3) is 5.91 Å². The van der Waals surface area contributed by atoms with E-state index in [0.717, 1.165) is 33.3 Å². The van der Waals surface area contributed by atoms with E-state index in [-0.39, 0.29) is 17.4 Å². The smallest absolute Gasteiger partial charge is 0.346 e. The summed E-state index contributed by atoms with van der Waals surface area (Å²) in [5.74, 6) is -0.0206. The van der Waals surface area contributed by atoms with E-state index in [1.165, 1.54) is 12.7 Å². The van der Waals surface area contributed by atoms with E-state index < -0.39 is 12.1 Å². The molecule has 1 heterocycles. The summed E-state index contributed by atoms with van der Waals surface area (Å²) in [5.41, 5.74) is 7.05. The van der Waals surface area contributed by atoms with Crippen molar-refractivity contribution in [3.63, 3.8) is 0 Å². The van der Waals surface area contributed by atoms with Crippen molar-refractivity contribution in [2.75, 3.05) is 7.11 Å². The van der Waals surface area contributed by atoms with Crippen LogP contribution in [0.1, 0.15) is 79.0 Å². The lowest BCUT2D eigenvalue weighted by molar-refractivity contribution is -0.147. The van der Waals surface area contributed by atoms with Crippen LogP contribution in [0.4, 0.5) is 0 Å². The number of methoxy groups -OCH3 is 1. The molecule has 1 aromatic heterocycles. The molecule has 0 bridgehead atoms. The van der Waals surface area contributed by atoms with Crippen molar-refractivity contribution in [2.45, 2.75) is 65.5 Å². The van der Waals surface area contributed by atoms with Crippen LogP contribution in [-0.2, 0) is 28.4 Å². The predicted molar refractivity (Wildman–Crippen MR) is 165 cm³/mol. The Labute approximate surface area is 247 Å². The monoisotopic (exact) mass is 574 g/mol. The number of halogens is 1. The Kier molecular flexibility index (Phi) is 8.83. The Balaban J connectivity index is 1.56. The highest BCUT2D eigenvalue weighted by molar-refractivity contribution is 6.31. The average molecular weight is 575 g/mol. The average Bonchev–Trinajstić information content (AvgIpc) is 3.17. The van der Waals surface area contributed by atoms with Crippen LogP contribution in [0.3, 0.4) is 0 Å². The minimum absolute atomic E-state index is 0.0808. The molecule has 0 aliphatic rings. The van der Waals surface area contributed by atoms with E-state index in [2.05, 4.69) is 61.8 Å². The Hall–Kier alpha value is -3.77. The molecule has 0 unspecified atom stereocenters. The van der Waals surface area contributed by atoms with Crippen LogP contribution in [0.15, 0.2) is 60.7 Å². The molecule has 6 nitrogen and oxygen atoms in total. The van der Waals surface area contributed by atoms with Crippen molar-refractivity contribution in [1.82, 2.24) is 9.88 Å². The molecule has 0 saturated heterocycles. The first-order chi connectivity index (χ1) is 19.3. The van der Waals surface area contributed by atoms with Gasteiger partial charge in [-0.2, -0.15) is 0 Å². The van der Waals surface area contributed by atoms with Gasteiger partial charge < -0.3 is 19.4 Å². The first kappa shape index (κ1) is 30.2. The summed E-state index contributed by atoms with van der Waals surface area (Å²) in [6.45, 7) is 12.3. The zero-order chi connectivity index (χ0) is 30.1. The van der Waals surface area contributed by atoms with Crippen molar-refractivity contribution >= 4 is 34.4 Å². The molecule has 41 heavy (non-hydrogen) atoms. The lowest BCUT2D eigenvalue weighted by Gasteiger charge is -2.20. The Bertz CT molecular complexity index is 1580. The molecule has 7 heteroatoms. The number of amides is 1. The second kappa shape index (κ2) is 12.0. The van der Waals surface area contributed by atoms with Crippen LogP contribution < -0.4 is 10.1 Å². The standard InChI is InChI=1S/C34H39ClN2O4/c1-20(23-9-12-26(13-10-23)34(4,5)6)36-32(38)24-11-15-28-29(21(2)37(7)31(28)19-24)18-25-17-27(14-16-30(25)35)41-22(3)33(39)40-8/h9-17,19-20,22H,18H2,1-8H3,(H,36,38)/t20-,22+/m0/s1. The van der Waals surface area contributed by atoms with Crippen LogP contribution in [0.2, 0.25) is 5.02 Å². The number of rotatable bonds is 8. The molecule has 0 spiro atoms. The number of hydrogen-bond acceptors (Lipinski definition) is 4. The number of nitrogens with zero attached hydrogens (tertiary/aromatic N) is 1. The highest BCUT2D eigenvalue weighted by Crippen LogP contribution is 2.32. The third kappa shape index (κ3) is 6.59. The van der Waals surface area contributed by atoms with E-state index >= 15 is 0 Å². The Morgan fingerprint density at radius 3 is 2.32 bits per heavy atom. The third-order valence-corrected chi connectivity index (χ3v) is 8.11. The first-order valence-electron chi connectivity index (χ1n) is 13.8. The maximum absolute atomic E-state index is 13.2. The molecule has 4 aromatic rings. The zero-order valence-electron chi connectivity index (χ0n) is 25.1. The molecule has 3 aromatic carbocycles. The van der Waals surface area contributed by atoms with Gasteiger partial charge in [-0.1, -0.05) is 62.7 Å². The van der Waals surface area contributed by atoms with Gasteiger partial charge in [-0.15, -0.1) is 0 Å². The van der Waals surface area contributed by atoms with Gasteiger partial charge in [0.15, 0.2) is 6.10 Å². The molecule has 2 atom stereocenters. The highest BCUT2D eigenvalue weighted by atomic mass is 35.5. The summed E-state index contributed by atoms with van der Waals surface area (Å²) in [4.78, 5) is 25.0. The van der Waals surface area contributed by atoms with Crippen molar-refractivity contribution < 1.29 is 19.1 Å². The van der Waals surface area contributed by atoms with E-state index in [9.17, 15) is 9.59 Å². The molecule has 1 N–H and O–H groups in total. The highest BCUT2D eigenvalue weighted by Gasteiger charge is 2.20. The number of ether oxygens (including phenoxy) is 2. The number of aromatic nitrogens is 1. The maximum Gasteiger partial charge on any atom is 0.346 e. The van der Waals surface area contributed by atoms with Gasteiger partial charge in [0.1, 0.15) is 5.75 Å². The Morgan fingerprint density at radius 2 is 1.68 bits per heavy atom. The fraction of sp³-hybridized carbons (Fsp3) is 0.353. The third-order valence-electron chi connectivity index (χ3n) is 7.74. The van der Waals surface area contributed by atoms with Crippen LogP contribution in [-0.4, -0.2) is 29.7 Å². The van der Waals surface area contributed by atoms with Crippen molar-refractivity contribution in [3.05, 3.63) is 99.2 Å². The molecule has 216 valence electrons. The summed E-state index contributed by atoms with van der Waals surface area (Å²) in [6.07, 6.45) is -0.165. The maximum atomic E-state index is 13.2. The number of carbonyl (C=O) groups is 2. The fourth-order valence-corrected chi connectivity index (χ4v) is 5.19. The largest absolute Gasteiger partial charge is 0.479 e. The second-order valence-electron chi connectivity index (χ2n) is 11.6. The molecule has 0 fully saturated rings. The van der Waals surface area contributed by atoms with Gasteiger partial charge in [0, 0.05) is 40.7 Å². The zero-order valence-corrected chi connectivity index (χ0v) is 25.8. The summed E-state index contributed by atoms with van der Waals surface area (Å²) in [5, 5.41) is 4.81. The number of fused-ring (bicyclic) bond motifs is 1. The number of esters is 1. The van der Waals surface area contributed by atoms with Crippen LogP contribution in [0, 0.1) is 6.92 Å². The molecule has 0 aliphatic heterocycles. The van der Waals surface area contributed by atoms with Crippen LogP contribution in [0.25, 0.3) is 10.9 Å². The Morgan fingerprint density at radius 1 is 1.00 bits per heavy atom. The minimum Gasteiger partial charge on any atom is -0.479 e.